The number of benzene rings is 2. The largest absolute Gasteiger partial charge is 0.379 e. The predicted molar refractivity (Wildman–Crippen MR) is 92.2 cm³/mol. The first-order chi connectivity index (χ1) is 10.8. The van der Waals surface area contributed by atoms with E-state index >= 15 is 0 Å². The van der Waals surface area contributed by atoms with Crippen molar-refractivity contribution in [2.75, 3.05) is 32.8 Å². The van der Waals surface area contributed by atoms with Gasteiger partial charge in [-0.05, 0) is 43.0 Å². The number of ether oxygens (including phenoxy) is 1. The van der Waals surface area contributed by atoms with Crippen molar-refractivity contribution in [3.63, 3.8) is 0 Å². The van der Waals surface area contributed by atoms with E-state index in [1.807, 2.05) is 0 Å². The Morgan fingerprint density at radius 3 is 2.45 bits per heavy atom. The zero-order valence-electron chi connectivity index (χ0n) is 13.4. The molecule has 2 aromatic carbocycles. The Morgan fingerprint density at radius 1 is 0.955 bits per heavy atom. The molecule has 0 atom stereocenters. The first-order valence-electron chi connectivity index (χ1n) is 8.28. The van der Waals surface area contributed by atoms with Crippen molar-refractivity contribution < 1.29 is 4.74 Å². The summed E-state index contributed by atoms with van der Waals surface area (Å²) in [6.07, 6.45) is 2.35. The molecule has 1 aliphatic rings. The maximum Gasteiger partial charge on any atom is 0.0594 e. The molecule has 116 valence electrons. The topological polar surface area (TPSA) is 12.5 Å². The standard InChI is InChI=1S/C20H25NO/c1-17-8-10-19(11-9-17)20-7-3-2-5-18(20)6-4-12-21-13-15-22-16-14-21/h2-3,5,7-11H,4,6,12-16H2,1H3. The van der Waals surface area contributed by atoms with Crippen LogP contribution in [-0.4, -0.2) is 37.7 Å². The van der Waals surface area contributed by atoms with Crippen molar-refractivity contribution in [2.45, 2.75) is 19.8 Å². The molecular formula is C20H25NO. The van der Waals surface area contributed by atoms with Crippen LogP contribution < -0.4 is 0 Å². The highest BCUT2D eigenvalue weighted by Crippen LogP contribution is 2.25. The Bertz CT molecular complexity index is 585. The summed E-state index contributed by atoms with van der Waals surface area (Å²) in [6.45, 7) is 7.25. The molecule has 0 aliphatic carbocycles. The zero-order valence-corrected chi connectivity index (χ0v) is 13.4. The van der Waals surface area contributed by atoms with Crippen LogP contribution in [0.3, 0.4) is 0 Å². The van der Waals surface area contributed by atoms with Crippen LogP contribution in [0.4, 0.5) is 0 Å². The molecule has 0 bridgehead atoms. The molecule has 0 N–H and O–H groups in total. The minimum absolute atomic E-state index is 0.889. The minimum atomic E-state index is 0.889. The van der Waals surface area contributed by atoms with Gasteiger partial charge in [0.1, 0.15) is 0 Å². The van der Waals surface area contributed by atoms with Crippen LogP contribution in [0.1, 0.15) is 17.5 Å². The van der Waals surface area contributed by atoms with E-state index in [-0.39, 0.29) is 0 Å². The van der Waals surface area contributed by atoms with E-state index in [0.29, 0.717) is 0 Å². The second-order valence-electron chi connectivity index (χ2n) is 6.08. The van der Waals surface area contributed by atoms with Gasteiger partial charge in [0.2, 0.25) is 0 Å². The SMILES string of the molecule is Cc1ccc(-c2ccccc2CCCN2CCOCC2)cc1. The van der Waals surface area contributed by atoms with Crippen LogP contribution in [-0.2, 0) is 11.2 Å². The molecule has 0 unspecified atom stereocenters. The summed E-state index contributed by atoms with van der Waals surface area (Å²) in [5, 5.41) is 0. The Balaban J connectivity index is 1.64. The zero-order chi connectivity index (χ0) is 15.2. The van der Waals surface area contributed by atoms with Gasteiger partial charge < -0.3 is 4.74 Å². The van der Waals surface area contributed by atoms with Gasteiger partial charge in [0.05, 0.1) is 13.2 Å². The molecule has 2 heteroatoms. The first-order valence-corrected chi connectivity index (χ1v) is 8.28. The number of hydrogen-bond donors (Lipinski definition) is 0. The van der Waals surface area contributed by atoms with Crippen LogP contribution in [0, 0.1) is 6.92 Å². The summed E-state index contributed by atoms with van der Waals surface area (Å²) in [4.78, 5) is 2.51. The van der Waals surface area contributed by atoms with E-state index in [4.69, 9.17) is 4.74 Å². The predicted octanol–water partition coefficient (Wildman–Crippen LogP) is 3.93. The van der Waals surface area contributed by atoms with Crippen LogP contribution in [0.2, 0.25) is 0 Å². The van der Waals surface area contributed by atoms with Crippen LogP contribution in [0.5, 0.6) is 0 Å². The second kappa shape index (κ2) is 7.57. The molecule has 2 aromatic rings. The summed E-state index contributed by atoms with van der Waals surface area (Å²) >= 11 is 0. The van der Waals surface area contributed by atoms with E-state index in [1.54, 1.807) is 0 Å². The molecule has 1 fully saturated rings. The van der Waals surface area contributed by atoms with Gasteiger partial charge >= 0.3 is 0 Å². The van der Waals surface area contributed by atoms with Crippen LogP contribution in [0.25, 0.3) is 11.1 Å². The molecule has 1 saturated heterocycles. The summed E-state index contributed by atoms with van der Waals surface area (Å²) < 4.78 is 5.41. The lowest BCUT2D eigenvalue weighted by atomic mass is 9.96. The van der Waals surface area contributed by atoms with Crippen molar-refractivity contribution >= 4 is 0 Å². The van der Waals surface area contributed by atoms with E-state index in [1.165, 1.54) is 35.2 Å². The maximum absolute atomic E-state index is 5.41. The van der Waals surface area contributed by atoms with Gasteiger partial charge in [-0.25, -0.2) is 0 Å². The Labute approximate surface area is 133 Å². The monoisotopic (exact) mass is 295 g/mol. The molecular weight excluding hydrogens is 270 g/mol. The van der Waals surface area contributed by atoms with Crippen molar-refractivity contribution in [3.8, 4) is 11.1 Å². The number of aryl methyl sites for hydroxylation is 2. The normalized spacial score (nSPS) is 15.9. The molecule has 0 aromatic heterocycles. The van der Waals surface area contributed by atoms with E-state index in [2.05, 4.69) is 60.4 Å². The highest BCUT2D eigenvalue weighted by Gasteiger charge is 2.10. The summed E-state index contributed by atoms with van der Waals surface area (Å²) in [7, 11) is 0. The third kappa shape index (κ3) is 3.96. The average Bonchev–Trinajstić information content (AvgIpc) is 2.57. The van der Waals surface area contributed by atoms with Gasteiger partial charge in [-0.15, -0.1) is 0 Å². The fraction of sp³-hybridized carbons (Fsp3) is 0.400. The van der Waals surface area contributed by atoms with Gasteiger partial charge in [0, 0.05) is 13.1 Å². The number of rotatable bonds is 5. The average molecular weight is 295 g/mol. The first kappa shape index (κ1) is 15.3. The summed E-state index contributed by atoms with van der Waals surface area (Å²) in [6, 6.07) is 17.7. The van der Waals surface area contributed by atoms with Crippen molar-refractivity contribution in [1.29, 1.82) is 0 Å². The highest BCUT2D eigenvalue weighted by atomic mass is 16.5. The van der Waals surface area contributed by atoms with Crippen LogP contribution >= 0.6 is 0 Å². The smallest absolute Gasteiger partial charge is 0.0594 e. The fourth-order valence-corrected chi connectivity index (χ4v) is 3.07. The molecule has 2 nitrogen and oxygen atoms in total. The van der Waals surface area contributed by atoms with Gasteiger partial charge in [0.15, 0.2) is 0 Å². The maximum atomic E-state index is 5.41. The van der Waals surface area contributed by atoms with Gasteiger partial charge in [0.25, 0.3) is 0 Å². The van der Waals surface area contributed by atoms with Gasteiger partial charge in [-0.1, -0.05) is 54.1 Å². The van der Waals surface area contributed by atoms with Crippen molar-refractivity contribution in [3.05, 3.63) is 59.7 Å². The quantitative estimate of drug-likeness (QED) is 0.829. The summed E-state index contributed by atoms with van der Waals surface area (Å²) in [5.74, 6) is 0. The number of nitrogens with zero attached hydrogens (tertiary/aromatic N) is 1. The Morgan fingerprint density at radius 2 is 1.68 bits per heavy atom. The minimum Gasteiger partial charge on any atom is -0.379 e. The van der Waals surface area contributed by atoms with E-state index in [9.17, 15) is 0 Å². The highest BCUT2D eigenvalue weighted by molar-refractivity contribution is 5.67. The molecule has 1 heterocycles. The van der Waals surface area contributed by atoms with Gasteiger partial charge in [-0.2, -0.15) is 0 Å². The molecule has 0 amide bonds. The molecule has 0 saturated carbocycles. The van der Waals surface area contributed by atoms with E-state index in [0.717, 1.165) is 32.7 Å². The van der Waals surface area contributed by atoms with Crippen molar-refractivity contribution in [1.82, 2.24) is 4.90 Å². The molecule has 22 heavy (non-hydrogen) atoms. The molecule has 1 aliphatic heterocycles. The second-order valence-corrected chi connectivity index (χ2v) is 6.08. The molecule has 0 spiro atoms. The number of hydrogen-bond acceptors (Lipinski definition) is 2. The Kier molecular flexibility index (Phi) is 5.25. The van der Waals surface area contributed by atoms with Crippen molar-refractivity contribution in [2.24, 2.45) is 0 Å². The molecule has 0 radical (unpaired) electrons. The summed E-state index contributed by atoms with van der Waals surface area (Å²) in [5.41, 5.74) is 5.48. The number of morpholine rings is 1. The van der Waals surface area contributed by atoms with Crippen LogP contribution in [0.15, 0.2) is 48.5 Å². The fourth-order valence-electron chi connectivity index (χ4n) is 3.07. The van der Waals surface area contributed by atoms with Gasteiger partial charge in [-0.3, -0.25) is 4.90 Å². The lowest BCUT2D eigenvalue weighted by Gasteiger charge is -2.26. The Hall–Kier alpha value is -1.64. The third-order valence-electron chi connectivity index (χ3n) is 4.40. The third-order valence-corrected chi connectivity index (χ3v) is 4.40. The van der Waals surface area contributed by atoms with E-state index < -0.39 is 0 Å². The lowest BCUT2D eigenvalue weighted by Crippen LogP contribution is -2.36. The lowest BCUT2D eigenvalue weighted by molar-refractivity contribution is 0.0375. The molecule has 3 rings (SSSR count).